The van der Waals surface area contributed by atoms with Crippen LogP contribution in [0.5, 0.6) is 0 Å². The Bertz CT molecular complexity index is 611. The number of hydrogen-bond donors (Lipinski definition) is 1. The van der Waals surface area contributed by atoms with E-state index in [4.69, 9.17) is 0 Å². The van der Waals surface area contributed by atoms with Crippen molar-refractivity contribution in [1.29, 1.82) is 0 Å². The minimum absolute atomic E-state index is 0.0789. The topological polar surface area (TPSA) is 46.2 Å². The van der Waals surface area contributed by atoms with Gasteiger partial charge in [-0.3, -0.25) is 5.32 Å². The molecule has 2 unspecified atom stereocenters. The first-order chi connectivity index (χ1) is 8.07. The largest absolute Gasteiger partial charge is 0.296 e. The van der Waals surface area contributed by atoms with Crippen LogP contribution in [0, 0.1) is 6.92 Å². The van der Waals surface area contributed by atoms with Crippen LogP contribution in [0.25, 0.3) is 0 Å². The first-order valence-electron chi connectivity index (χ1n) is 5.55. The highest BCUT2D eigenvalue weighted by Crippen LogP contribution is 2.30. The van der Waals surface area contributed by atoms with Crippen molar-refractivity contribution in [3.63, 3.8) is 0 Å². The van der Waals surface area contributed by atoms with E-state index in [0.29, 0.717) is 9.80 Å². The van der Waals surface area contributed by atoms with Crippen molar-refractivity contribution in [3.8, 4) is 0 Å². The molecule has 2 bridgehead atoms. The third kappa shape index (κ3) is 1.64. The third-order valence-electron chi connectivity index (χ3n) is 3.17. The van der Waals surface area contributed by atoms with Gasteiger partial charge in [-0.1, -0.05) is 29.8 Å². The summed E-state index contributed by atoms with van der Waals surface area (Å²) in [5.74, 6) is 0. The van der Waals surface area contributed by atoms with Crippen LogP contribution in [-0.4, -0.2) is 20.5 Å². The molecule has 1 aromatic rings. The summed E-state index contributed by atoms with van der Waals surface area (Å²) in [5.41, 5.74) is 1.06. The molecule has 88 valence electrons. The van der Waals surface area contributed by atoms with Gasteiger partial charge in [-0.05, 0) is 25.1 Å². The van der Waals surface area contributed by atoms with E-state index in [1.165, 1.54) is 0 Å². The Morgan fingerprint density at radius 2 is 1.82 bits per heavy atom. The quantitative estimate of drug-likeness (QED) is 0.807. The molecule has 0 radical (unpaired) electrons. The molecule has 1 N–H and O–H groups in total. The van der Waals surface area contributed by atoms with Gasteiger partial charge in [0, 0.05) is 6.04 Å². The van der Waals surface area contributed by atoms with Gasteiger partial charge >= 0.3 is 0 Å². The zero-order valence-corrected chi connectivity index (χ0v) is 10.2. The van der Waals surface area contributed by atoms with Crippen molar-refractivity contribution in [3.05, 3.63) is 53.0 Å². The van der Waals surface area contributed by atoms with Gasteiger partial charge in [-0.15, -0.1) is 0 Å². The van der Waals surface area contributed by atoms with Crippen LogP contribution in [0.15, 0.2) is 52.3 Å². The Balaban J connectivity index is 2.03. The van der Waals surface area contributed by atoms with Crippen molar-refractivity contribution >= 4 is 9.84 Å². The van der Waals surface area contributed by atoms with E-state index in [0.717, 1.165) is 5.56 Å². The molecular formula is C13H13NO2S. The fourth-order valence-corrected chi connectivity index (χ4v) is 3.79. The molecule has 4 heteroatoms. The summed E-state index contributed by atoms with van der Waals surface area (Å²) in [6, 6.07) is 6.91. The van der Waals surface area contributed by atoms with Crippen LogP contribution < -0.4 is 5.32 Å². The summed E-state index contributed by atoms with van der Waals surface area (Å²) < 4.78 is 24.8. The fraction of sp³-hybridized carbons (Fsp3) is 0.231. The summed E-state index contributed by atoms with van der Waals surface area (Å²) in [6.07, 6.45) is 5.68. The third-order valence-corrected chi connectivity index (χ3v) is 5.08. The Labute approximate surface area is 101 Å². The molecule has 2 atom stereocenters. The average Bonchev–Trinajstić information content (AvgIpc) is 2.91. The highest BCUT2D eigenvalue weighted by Gasteiger charge is 2.35. The van der Waals surface area contributed by atoms with E-state index >= 15 is 0 Å². The first kappa shape index (κ1) is 10.7. The van der Waals surface area contributed by atoms with Gasteiger partial charge in [0.1, 0.15) is 0 Å². The van der Waals surface area contributed by atoms with Crippen molar-refractivity contribution in [1.82, 2.24) is 5.32 Å². The zero-order chi connectivity index (χ0) is 12.0. The van der Waals surface area contributed by atoms with Gasteiger partial charge in [0.25, 0.3) is 0 Å². The monoisotopic (exact) mass is 247 g/mol. The minimum Gasteiger partial charge on any atom is -0.296 e. The van der Waals surface area contributed by atoms with Gasteiger partial charge in [-0.25, -0.2) is 8.42 Å². The lowest BCUT2D eigenvalue weighted by atomic mass is 10.2. The van der Waals surface area contributed by atoms with Crippen LogP contribution >= 0.6 is 0 Å². The molecule has 0 spiro atoms. The van der Waals surface area contributed by atoms with Gasteiger partial charge < -0.3 is 0 Å². The molecule has 0 aliphatic carbocycles. The highest BCUT2D eigenvalue weighted by molar-refractivity contribution is 7.95. The van der Waals surface area contributed by atoms with Crippen molar-refractivity contribution in [2.24, 2.45) is 0 Å². The van der Waals surface area contributed by atoms with Crippen LogP contribution in [0.2, 0.25) is 0 Å². The molecule has 0 aromatic heterocycles. The normalized spacial score (nSPS) is 26.3. The maximum absolute atomic E-state index is 12.4. The zero-order valence-electron chi connectivity index (χ0n) is 9.42. The number of rotatable bonds is 2. The van der Waals surface area contributed by atoms with Gasteiger partial charge in [0.05, 0.1) is 15.8 Å². The predicted octanol–water partition coefficient (Wildman–Crippen LogP) is 1.56. The first-order valence-corrected chi connectivity index (χ1v) is 7.03. The second-order valence-electron chi connectivity index (χ2n) is 4.44. The summed E-state index contributed by atoms with van der Waals surface area (Å²) >= 11 is 0. The second kappa shape index (κ2) is 3.55. The fourth-order valence-electron chi connectivity index (χ4n) is 2.22. The van der Waals surface area contributed by atoms with Gasteiger partial charge in [0.15, 0.2) is 0 Å². The number of nitrogens with one attached hydrogen (secondary N) is 1. The second-order valence-corrected chi connectivity index (χ2v) is 6.39. The van der Waals surface area contributed by atoms with E-state index < -0.39 is 9.84 Å². The Hall–Kier alpha value is -1.39. The van der Waals surface area contributed by atoms with Crippen LogP contribution in [-0.2, 0) is 9.84 Å². The van der Waals surface area contributed by atoms with Crippen LogP contribution in [0.3, 0.4) is 0 Å². The standard InChI is InChI=1S/C13H13NO2S/c1-9-2-5-11(6-3-9)17(15,16)13-8-10-4-7-12(13)14-10/h2-8,10,12,14H,1H3. The van der Waals surface area contributed by atoms with E-state index in [1.807, 2.05) is 31.2 Å². The van der Waals surface area contributed by atoms with Gasteiger partial charge in [-0.2, -0.15) is 0 Å². The minimum atomic E-state index is -3.34. The summed E-state index contributed by atoms with van der Waals surface area (Å²) in [6.45, 7) is 1.94. The Morgan fingerprint density at radius 3 is 2.35 bits per heavy atom. The molecule has 2 aliphatic rings. The maximum Gasteiger partial charge on any atom is 0.204 e. The molecular weight excluding hydrogens is 234 g/mol. The van der Waals surface area contributed by atoms with Crippen molar-refractivity contribution in [2.45, 2.75) is 23.9 Å². The lowest BCUT2D eigenvalue weighted by Crippen LogP contribution is -2.25. The van der Waals surface area contributed by atoms with E-state index in [1.54, 1.807) is 18.2 Å². The molecule has 0 saturated heterocycles. The smallest absolute Gasteiger partial charge is 0.204 e. The molecule has 2 aliphatic heterocycles. The van der Waals surface area contributed by atoms with Crippen LogP contribution in [0.4, 0.5) is 0 Å². The Morgan fingerprint density at radius 1 is 1.12 bits per heavy atom. The van der Waals surface area contributed by atoms with Crippen molar-refractivity contribution < 1.29 is 8.42 Å². The number of aryl methyl sites for hydroxylation is 1. The van der Waals surface area contributed by atoms with E-state index in [9.17, 15) is 8.42 Å². The highest BCUT2D eigenvalue weighted by atomic mass is 32.2. The molecule has 3 rings (SSSR count). The average molecular weight is 247 g/mol. The Kier molecular flexibility index (Phi) is 2.24. The number of hydrogen-bond acceptors (Lipinski definition) is 3. The number of sulfone groups is 1. The van der Waals surface area contributed by atoms with Gasteiger partial charge in [0.2, 0.25) is 9.84 Å². The lowest BCUT2D eigenvalue weighted by Gasteiger charge is -2.11. The summed E-state index contributed by atoms with van der Waals surface area (Å²) in [5, 5.41) is 3.18. The predicted molar refractivity (Wildman–Crippen MR) is 66.3 cm³/mol. The molecule has 1 aromatic carbocycles. The molecule has 0 amide bonds. The summed E-state index contributed by atoms with van der Waals surface area (Å²) in [7, 11) is -3.34. The number of benzene rings is 1. The summed E-state index contributed by atoms with van der Waals surface area (Å²) in [4.78, 5) is 0.853. The van der Waals surface area contributed by atoms with Crippen molar-refractivity contribution in [2.75, 3.05) is 0 Å². The molecule has 0 fully saturated rings. The van der Waals surface area contributed by atoms with E-state index in [2.05, 4.69) is 5.32 Å². The van der Waals surface area contributed by atoms with Crippen LogP contribution in [0.1, 0.15) is 5.56 Å². The lowest BCUT2D eigenvalue weighted by molar-refractivity contribution is 0.598. The molecule has 0 saturated carbocycles. The molecule has 17 heavy (non-hydrogen) atoms. The maximum atomic E-state index is 12.4. The molecule has 2 heterocycles. The number of fused-ring (bicyclic) bond motifs is 2. The SMILES string of the molecule is Cc1ccc(S(=O)(=O)C2=CC3C=CC2N3)cc1. The molecule has 3 nitrogen and oxygen atoms in total. The van der Waals surface area contributed by atoms with E-state index in [-0.39, 0.29) is 12.1 Å².